The zero-order valence-corrected chi connectivity index (χ0v) is 5.93. The molecule has 0 radical (unpaired) electrons. The summed E-state index contributed by atoms with van der Waals surface area (Å²) in [7, 11) is 0. The van der Waals surface area contributed by atoms with E-state index in [0.717, 1.165) is 0 Å². The van der Waals surface area contributed by atoms with Crippen molar-refractivity contribution in [3.63, 3.8) is 0 Å². The molecule has 5 heteroatoms. The van der Waals surface area contributed by atoms with Gasteiger partial charge in [0.1, 0.15) is 0 Å². The predicted octanol–water partition coefficient (Wildman–Crippen LogP) is 1.25. The maximum Gasteiger partial charge on any atom is 0.0948 e. The van der Waals surface area contributed by atoms with Gasteiger partial charge in [-0.25, -0.2) is 0 Å². The van der Waals surface area contributed by atoms with Gasteiger partial charge >= 0.3 is 0 Å². The Morgan fingerprint density at radius 1 is 1.33 bits per heavy atom. The van der Waals surface area contributed by atoms with Crippen LogP contribution in [0.2, 0.25) is 0 Å². The van der Waals surface area contributed by atoms with E-state index < -0.39 is 0 Å². The highest BCUT2D eigenvalue weighted by molar-refractivity contribution is 7.99. The third-order valence-corrected chi connectivity index (χ3v) is 1.85. The lowest BCUT2D eigenvalue weighted by Crippen LogP contribution is -2.09. The van der Waals surface area contributed by atoms with Gasteiger partial charge in [-0.1, -0.05) is 10.4 Å². The largest absolute Gasteiger partial charge is 0.158 e. The van der Waals surface area contributed by atoms with E-state index in [2.05, 4.69) is 10.4 Å². The highest BCUT2D eigenvalue weighted by Gasteiger charge is 2.05. The Kier molecular flexibility index (Phi) is 5.40. The van der Waals surface area contributed by atoms with E-state index in [0.29, 0.717) is 0 Å². The molecule has 0 rings (SSSR count). The van der Waals surface area contributed by atoms with Crippen LogP contribution in [0, 0.1) is 9.81 Å². The Hall–Kier alpha value is -0.450. The Labute approximate surface area is 57.3 Å². The molecule has 4 nitrogen and oxygen atoms in total. The topological polar surface area (TPSA) is 58.9 Å². The fraction of sp³-hybridized carbons (Fsp3) is 1.00. The molecule has 0 bridgehead atoms. The van der Waals surface area contributed by atoms with Crippen LogP contribution in [0.15, 0.2) is 10.4 Å². The smallest absolute Gasteiger partial charge is 0.0948 e. The molecule has 0 N–H and O–H groups in total. The summed E-state index contributed by atoms with van der Waals surface area (Å²) >= 11 is 1.43. The number of nitroso groups, excluding NO2 is 2. The minimum Gasteiger partial charge on any atom is -0.158 e. The van der Waals surface area contributed by atoms with Gasteiger partial charge in [0.2, 0.25) is 0 Å². The SMILES string of the molecule is CSC(CN=O)CN=O. The lowest BCUT2D eigenvalue weighted by Gasteiger charge is -2.01. The van der Waals surface area contributed by atoms with E-state index in [-0.39, 0.29) is 18.3 Å². The molecular formula is C4H8N2O2S. The predicted molar refractivity (Wildman–Crippen MR) is 38.6 cm³/mol. The second-order valence-electron chi connectivity index (χ2n) is 1.48. The molecule has 0 aromatic rings. The molecule has 0 heterocycles. The van der Waals surface area contributed by atoms with Crippen molar-refractivity contribution in [2.75, 3.05) is 19.3 Å². The summed E-state index contributed by atoms with van der Waals surface area (Å²) < 4.78 is 0. The molecular weight excluding hydrogens is 140 g/mol. The quantitative estimate of drug-likeness (QED) is 0.551. The van der Waals surface area contributed by atoms with Crippen molar-refractivity contribution in [1.29, 1.82) is 0 Å². The Balaban J connectivity index is 3.39. The standard InChI is InChI=1S/C4H8N2O2S/c1-9-4(2-5-7)3-6-8/h4H,2-3H2,1H3. The molecule has 0 fully saturated rings. The maximum atomic E-state index is 9.64. The number of rotatable bonds is 5. The van der Waals surface area contributed by atoms with Gasteiger partial charge < -0.3 is 0 Å². The number of thioether (sulfide) groups is 1. The van der Waals surface area contributed by atoms with Crippen LogP contribution in [0.5, 0.6) is 0 Å². The molecule has 9 heavy (non-hydrogen) atoms. The number of nitrogens with zero attached hydrogens (tertiary/aromatic N) is 2. The first-order valence-electron chi connectivity index (χ1n) is 2.46. The normalized spacial score (nSPS) is 9.56. The Morgan fingerprint density at radius 3 is 2.00 bits per heavy atom. The van der Waals surface area contributed by atoms with Crippen LogP contribution in [-0.2, 0) is 0 Å². The third-order valence-electron chi connectivity index (χ3n) is 0.890. The molecule has 0 atom stereocenters. The van der Waals surface area contributed by atoms with E-state index >= 15 is 0 Å². The van der Waals surface area contributed by atoms with E-state index in [1.807, 2.05) is 6.26 Å². The summed E-state index contributed by atoms with van der Waals surface area (Å²) in [5, 5.41) is 5.28. The molecule has 52 valence electrons. The van der Waals surface area contributed by atoms with Crippen molar-refractivity contribution in [2.24, 2.45) is 10.4 Å². The summed E-state index contributed by atoms with van der Waals surface area (Å²) in [6, 6.07) is 0. The second-order valence-corrected chi connectivity index (χ2v) is 2.62. The summed E-state index contributed by atoms with van der Waals surface area (Å²) in [5.41, 5.74) is 0. The van der Waals surface area contributed by atoms with Gasteiger partial charge in [0.05, 0.1) is 18.3 Å². The van der Waals surface area contributed by atoms with Crippen LogP contribution in [0.1, 0.15) is 0 Å². The van der Waals surface area contributed by atoms with E-state index in [9.17, 15) is 9.81 Å². The van der Waals surface area contributed by atoms with Crippen LogP contribution < -0.4 is 0 Å². The highest BCUT2D eigenvalue weighted by atomic mass is 32.2. The molecule has 0 aliphatic heterocycles. The minimum absolute atomic E-state index is 0.0278. The van der Waals surface area contributed by atoms with E-state index in [1.54, 1.807) is 0 Å². The van der Waals surface area contributed by atoms with Crippen LogP contribution in [0.3, 0.4) is 0 Å². The van der Waals surface area contributed by atoms with Gasteiger partial charge in [-0.05, 0) is 6.26 Å². The highest BCUT2D eigenvalue weighted by Crippen LogP contribution is 2.06. The summed E-state index contributed by atoms with van der Waals surface area (Å²) in [6.07, 6.45) is 1.82. The Morgan fingerprint density at radius 2 is 1.78 bits per heavy atom. The first-order valence-corrected chi connectivity index (χ1v) is 3.75. The Bertz CT molecular complexity index is 88.6. The molecule has 0 saturated carbocycles. The van der Waals surface area contributed by atoms with Gasteiger partial charge in [0.15, 0.2) is 0 Å². The van der Waals surface area contributed by atoms with Crippen LogP contribution >= 0.6 is 11.8 Å². The van der Waals surface area contributed by atoms with Gasteiger partial charge in [-0.15, -0.1) is 0 Å². The van der Waals surface area contributed by atoms with Crippen LogP contribution in [-0.4, -0.2) is 24.6 Å². The van der Waals surface area contributed by atoms with Crippen molar-refractivity contribution in [3.8, 4) is 0 Å². The average molecular weight is 148 g/mol. The van der Waals surface area contributed by atoms with Crippen LogP contribution in [0.25, 0.3) is 0 Å². The molecule has 0 aromatic carbocycles. The first kappa shape index (κ1) is 8.55. The monoisotopic (exact) mass is 148 g/mol. The van der Waals surface area contributed by atoms with Crippen molar-refractivity contribution in [1.82, 2.24) is 0 Å². The molecule has 0 aliphatic carbocycles. The third kappa shape index (κ3) is 4.08. The number of hydrogen-bond donors (Lipinski definition) is 0. The summed E-state index contributed by atoms with van der Waals surface area (Å²) in [5.74, 6) is 0. The van der Waals surface area contributed by atoms with E-state index in [1.165, 1.54) is 11.8 Å². The van der Waals surface area contributed by atoms with Crippen molar-refractivity contribution >= 4 is 11.8 Å². The minimum atomic E-state index is -0.0278. The summed E-state index contributed by atoms with van der Waals surface area (Å²) in [4.78, 5) is 19.3. The zero-order valence-electron chi connectivity index (χ0n) is 5.11. The van der Waals surface area contributed by atoms with Gasteiger partial charge in [-0.3, -0.25) is 0 Å². The lowest BCUT2D eigenvalue weighted by atomic mass is 10.4. The molecule has 0 spiro atoms. The molecule has 0 saturated heterocycles. The second kappa shape index (κ2) is 5.68. The molecule has 0 amide bonds. The maximum absolute atomic E-state index is 9.64. The number of hydrogen-bond acceptors (Lipinski definition) is 5. The van der Waals surface area contributed by atoms with Gasteiger partial charge in [0, 0.05) is 0 Å². The fourth-order valence-electron chi connectivity index (χ4n) is 0.373. The summed E-state index contributed by atoms with van der Waals surface area (Å²) in [6.45, 7) is 0.347. The van der Waals surface area contributed by atoms with Crippen molar-refractivity contribution in [3.05, 3.63) is 9.81 Å². The van der Waals surface area contributed by atoms with Crippen LogP contribution in [0.4, 0.5) is 0 Å². The first-order chi connectivity index (χ1) is 4.35. The zero-order chi connectivity index (χ0) is 7.11. The van der Waals surface area contributed by atoms with E-state index in [4.69, 9.17) is 0 Å². The molecule has 0 aromatic heterocycles. The lowest BCUT2D eigenvalue weighted by molar-refractivity contribution is 0.858. The van der Waals surface area contributed by atoms with Crippen molar-refractivity contribution < 1.29 is 0 Å². The van der Waals surface area contributed by atoms with Gasteiger partial charge in [0.25, 0.3) is 0 Å². The molecule has 0 aliphatic rings. The van der Waals surface area contributed by atoms with Crippen molar-refractivity contribution in [2.45, 2.75) is 5.25 Å². The molecule has 0 unspecified atom stereocenters. The fourth-order valence-corrected chi connectivity index (χ4v) is 0.793. The average Bonchev–Trinajstić information content (AvgIpc) is 1.88. The van der Waals surface area contributed by atoms with Gasteiger partial charge in [-0.2, -0.15) is 21.6 Å².